The van der Waals surface area contributed by atoms with Crippen molar-refractivity contribution in [3.05, 3.63) is 8.96 Å². The third-order valence-electron chi connectivity index (χ3n) is 2.53. The molecule has 0 spiro atoms. The molecule has 0 atom stereocenters. The van der Waals surface area contributed by atoms with Crippen LogP contribution in [-0.2, 0) is 19.2 Å². The van der Waals surface area contributed by atoms with Crippen LogP contribution >= 0.6 is 31.9 Å². The lowest BCUT2D eigenvalue weighted by molar-refractivity contribution is -0.138. The van der Waals surface area contributed by atoms with E-state index in [1.165, 1.54) is 0 Å². The number of allylic oxidation sites excluding steroid dienone is 1. The fourth-order valence-corrected chi connectivity index (χ4v) is 2.15. The lowest BCUT2D eigenvalue weighted by Crippen LogP contribution is -2.25. The first kappa shape index (κ1) is 20.8. The fourth-order valence-electron chi connectivity index (χ4n) is 1.41. The van der Waals surface area contributed by atoms with Gasteiger partial charge in [-0.1, -0.05) is 0 Å². The Balaban J connectivity index is 4.25. The van der Waals surface area contributed by atoms with E-state index in [0.29, 0.717) is 19.3 Å². The normalized spacial score (nSPS) is 11.5. The van der Waals surface area contributed by atoms with Crippen molar-refractivity contribution < 1.29 is 29.4 Å². The smallest absolute Gasteiger partial charge is 0.303 e. The van der Waals surface area contributed by atoms with Crippen LogP contribution in [-0.4, -0.2) is 40.4 Å². The van der Waals surface area contributed by atoms with Gasteiger partial charge in [0.05, 0.1) is 4.48 Å². The van der Waals surface area contributed by atoms with Crippen LogP contribution in [0, 0.1) is 0 Å². The average molecular weight is 443 g/mol. The first-order valence-electron chi connectivity index (χ1n) is 6.56. The van der Waals surface area contributed by atoms with Crippen molar-refractivity contribution in [2.24, 2.45) is 0 Å². The SMILES string of the molecule is O=C(O)CCCCC(=O)/C(Br)=C(/Br)C(=O)NCCCC(=O)O. The van der Waals surface area contributed by atoms with Crippen LogP contribution in [0.5, 0.6) is 0 Å². The Kier molecular flexibility index (Phi) is 10.7. The number of halogens is 2. The summed E-state index contributed by atoms with van der Waals surface area (Å²) < 4.78 is 0.115. The van der Waals surface area contributed by atoms with Crippen molar-refractivity contribution in [3.8, 4) is 0 Å². The molecule has 0 saturated heterocycles. The number of amides is 1. The van der Waals surface area contributed by atoms with Crippen LogP contribution in [0.2, 0.25) is 0 Å². The van der Waals surface area contributed by atoms with Crippen molar-refractivity contribution >= 4 is 55.5 Å². The zero-order valence-corrected chi connectivity index (χ0v) is 14.9. The Labute approximate surface area is 144 Å². The number of carbonyl (C=O) groups excluding carboxylic acids is 2. The van der Waals surface area contributed by atoms with Gasteiger partial charge in [-0.15, -0.1) is 0 Å². The summed E-state index contributed by atoms with van der Waals surface area (Å²) in [6.07, 6.45) is 1.18. The van der Waals surface area contributed by atoms with E-state index in [1.54, 1.807) is 0 Å². The van der Waals surface area contributed by atoms with E-state index in [0.717, 1.165) is 0 Å². The summed E-state index contributed by atoms with van der Waals surface area (Å²) in [5.41, 5.74) is 0. The van der Waals surface area contributed by atoms with Gasteiger partial charge in [0.15, 0.2) is 5.78 Å². The second-order valence-electron chi connectivity index (χ2n) is 4.41. The standard InChI is InChI=1S/C13H17Br2NO6/c14-11(8(17)4-1-2-5-9(18)19)12(15)13(22)16-7-3-6-10(20)21/h1-7H2,(H,16,22)(H,18,19)(H,20,21)/b12-11-. The molecule has 22 heavy (non-hydrogen) atoms. The number of carboxylic acid groups (broad SMARTS) is 2. The van der Waals surface area contributed by atoms with Gasteiger partial charge < -0.3 is 15.5 Å². The number of Topliss-reactive ketones (excluding diaryl/α,β-unsaturated/α-hetero) is 1. The molecule has 0 fully saturated rings. The van der Waals surface area contributed by atoms with E-state index in [4.69, 9.17) is 10.2 Å². The number of rotatable bonds is 11. The molecule has 0 aliphatic rings. The molecule has 7 nitrogen and oxygen atoms in total. The second-order valence-corrected chi connectivity index (χ2v) is 5.99. The number of aliphatic carboxylic acids is 2. The lowest BCUT2D eigenvalue weighted by atomic mass is 10.1. The molecule has 0 bridgehead atoms. The topological polar surface area (TPSA) is 121 Å². The van der Waals surface area contributed by atoms with Crippen molar-refractivity contribution in [1.82, 2.24) is 5.32 Å². The average Bonchev–Trinajstić information content (AvgIpc) is 2.45. The van der Waals surface area contributed by atoms with Gasteiger partial charge in [-0.05, 0) is 51.1 Å². The third kappa shape index (κ3) is 9.67. The summed E-state index contributed by atoms with van der Waals surface area (Å²) in [5, 5.41) is 19.4. The van der Waals surface area contributed by atoms with Crippen LogP contribution in [0.4, 0.5) is 0 Å². The van der Waals surface area contributed by atoms with E-state index < -0.39 is 17.8 Å². The summed E-state index contributed by atoms with van der Waals surface area (Å²) >= 11 is 6.05. The van der Waals surface area contributed by atoms with E-state index in [9.17, 15) is 19.2 Å². The zero-order valence-electron chi connectivity index (χ0n) is 11.7. The molecule has 9 heteroatoms. The summed E-state index contributed by atoms with van der Waals surface area (Å²) in [4.78, 5) is 44.2. The van der Waals surface area contributed by atoms with Crippen molar-refractivity contribution in [2.75, 3.05) is 6.54 Å². The quantitative estimate of drug-likeness (QED) is 0.333. The van der Waals surface area contributed by atoms with Crippen molar-refractivity contribution in [3.63, 3.8) is 0 Å². The molecule has 0 aromatic heterocycles. The van der Waals surface area contributed by atoms with Gasteiger partial charge in [-0.2, -0.15) is 0 Å². The number of carbonyl (C=O) groups is 4. The maximum absolute atomic E-state index is 11.8. The minimum Gasteiger partial charge on any atom is -0.481 e. The molecule has 0 aromatic rings. The highest BCUT2D eigenvalue weighted by molar-refractivity contribution is 9.14. The Morgan fingerprint density at radius 1 is 0.773 bits per heavy atom. The highest BCUT2D eigenvalue weighted by Crippen LogP contribution is 2.21. The highest BCUT2D eigenvalue weighted by Gasteiger charge is 2.16. The number of hydrogen-bond acceptors (Lipinski definition) is 4. The fraction of sp³-hybridized carbons (Fsp3) is 0.538. The summed E-state index contributed by atoms with van der Waals surface area (Å²) in [7, 11) is 0. The van der Waals surface area contributed by atoms with Gasteiger partial charge in [-0.25, -0.2) is 0 Å². The van der Waals surface area contributed by atoms with Gasteiger partial charge in [-0.3, -0.25) is 19.2 Å². The van der Waals surface area contributed by atoms with Crippen LogP contribution < -0.4 is 5.32 Å². The maximum Gasteiger partial charge on any atom is 0.303 e. The molecule has 0 unspecified atom stereocenters. The van der Waals surface area contributed by atoms with Crippen LogP contribution in [0.15, 0.2) is 8.96 Å². The highest BCUT2D eigenvalue weighted by atomic mass is 79.9. The van der Waals surface area contributed by atoms with Crippen LogP contribution in [0.25, 0.3) is 0 Å². The molecular weight excluding hydrogens is 426 g/mol. The Bertz CT molecular complexity index is 433. The Hall–Kier alpha value is -1.22. The van der Waals surface area contributed by atoms with E-state index >= 15 is 0 Å². The summed E-state index contributed by atoms with van der Waals surface area (Å²) in [6, 6.07) is 0. The van der Waals surface area contributed by atoms with Gasteiger partial charge >= 0.3 is 11.9 Å². The zero-order chi connectivity index (χ0) is 17.1. The molecule has 3 N–H and O–H groups in total. The van der Waals surface area contributed by atoms with Gasteiger partial charge in [0.1, 0.15) is 4.48 Å². The monoisotopic (exact) mass is 441 g/mol. The minimum atomic E-state index is -0.943. The Morgan fingerprint density at radius 3 is 1.82 bits per heavy atom. The predicted molar refractivity (Wildman–Crippen MR) is 85.9 cm³/mol. The Morgan fingerprint density at radius 2 is 1.27 bits per heavy atom. The van der Waals surface area contributed by atoms with E-state index in [-0.39, 0.29) is 40.6 Å². The molecule has 0 aromatic carbocycles. The minimum absolute atomic E-state index is 0.000152. The van der Waals surface area contributed by atoms with Crippen LogP contribution in [0.1, 0.15) is 38.5 Å². The largest absolute Gasteiger partial charge is 0.481 e. The van der Waals surface area contributed by atoms with Crippen molar-refractivity contribution in [2.45, 2.75) is 38.5 Å². The third-order valence-corrected chi connectivity index (χ3v) is 4.66. The number of nitrogens with one attached hydrogen (secondary N) is 1. The first-order chi connectivity index (χ1) is 10.3. The molecule has 0 aliphatic carbocycles. The van der Waals surface area contributed by atoms with Gasteiger partial charge in [0.2, 0.25) is 0 Å². The molecule has 0 aliphatic heterocycles. The predicted octanol–water partition coefficient (Wildman–Crippen LogP) is 2.18. The lowest BCUT2D eigenvalue weighted by Gasteiger charge is -2.06. The first-order valence-corrected chi connectivity index (χ1v) is 8.14. The van der Waals surface area contributed by atoms with Crippen molar-refractivity contribution in [1.29, 1.82) is 0 Å². The molecule has 0 saturated carbocycles. The molecule has 0 heterocycles. The van der Waals surface area contributed by atoms with E-state index in [1.807, 2.05) is 0 Å². The molecule has 0 rings (SSSR count). The van der Waals surface area contributed by atoms with Gasteiger partial charge in [0, 0.05) is 25.8 Å². The summed E-state index contributed by atoms with van der Waals surface area (Å²) in [6.45, 7) is 0.188. The number of carboxylic acids is 2. The number of unbranched alkanes of at least 4 members (excludes halogenated alkanes) is 1. The van der Waals surface area contributed by atoms with Gasteiger partial charge in [0.25, 0.3) is 5.91 Å². The molecule has 124 valence electrons. The second kappa shape index (κ2) is 11.4. The molecule has 0 radical (unpaired) electrons. The number of ketones is 1. The molecule has 1 amide bonds. The summed E-state index contributed by atoms with van der Waals surface area (Å²) in [5.74, 6) is -2.68. The van der Waals surface area contributed by atoms with Crippen LogP contribution in [0.3, 0.4) is 0 Å². The maximum atomic E-state index is 11.8. The van der Waals surface area contributed by atoms with E-state index in [2.05, 4.69) is 37.2 Å². The molecular formula is C13H17Br2NO6. The number of hydrogen-bond donors (Lipinski definition) is 3.